The maximum Gasteiger partial charge on any atom is 0.0994 e. The summed E-state index contributed by atoms with van der Waals surface area (Å²) in [4.78, 5) is 4.35. The number of halogens is 1. The number of hydrogen-bond donors (Lipinski definition) is 1. The summed E-state index contributed by atoms with van der Waals surface area (Å²) in [6.45, 7) is 4.30. The van der Waals surface area contributed by atoms with Crippen molar-refractivity contribution in [1.29, 1.82) is 0 Å². The van der Waals surface area contributed by atoms with Gasteiger partial charge in [-0.2, -0.15) is 0 Å². The van der Waals surface area contributed by atoms with Crippen molar-refractivity contribution in [3.63, 3.8) is 0 Å². The zero-order valence-electron chi connectivity index (χ0n) is 11.1. The molecule has 3 nitrogen and oxygen atoms in total. The van der Waals surface area contributed by atoms with E-state index in [4.69, 9.17) is 0 Å². The van der Waals surface area contributed by atoms with E-state index < -0.39 is 0 Å². The van der Waals surface area contributed by atoms with E-state index in [0.29, 0.717) is 5.92 Å². The van der Waals surface area contributed by atoms with Crippen molar-refractivity contribution < 1.29 is 0 Å². The standard InChI is InChI=1S/C15H18BrN3/c1-11-4-5-13(7-14(11)16)19-10-18-9-15(19)12-3-2-6-17-8-12/h4-5,7,9-10,12,17H,2-3,6,8H2,1H3. The average molecular weight is 320 g/mol. The van der Waals surface area contributed by atoms with Gasteiger partial charge in [-0.3, -0.25) is 0 Å². The van der Waals surface area contributed by atoms with Crippen molar-refractivity contribution in [1.82, 2.24) is 14.9 Å². The molecule has 1 aliphatic heterocycles. The molecule has 1 aromatic carbocycles. The fraction of sp³-hybridized carbons (Fsp3) is 0.400. The predicted molar refractivity (Wildman–Crippen MR) is 80.8 cm³/mol. The third-order valence-corrected chi connectivity index (χ3v) is 4.67. The highest BCUT2D eigenvalue weighted by atomic mass is 79.9. The van der Waals surface area contributed by atoms with Crippen LogP contribution in [0.3, 0.4) is 0 Å². The molecule has 100 valence electrons. The minimum absolute atomic E-state index is 0.566. The fourth-order valence-corrected chi connectivity index (χ4v) is 3.03. The summed E-state index contributed by atoms with van der Waals surface area (Å²) < 4.78 is 3.36. The molecule has 1 N–H and O–H groups in total. The smallest absolute Gasteiger partial charge is 0.0994 e. The van der Waals surface area contributed by atoms with Crippen molar-refractivity contribution in [2.24, 2.45) is 0 Å². The largest absolute Gasteiger partial charge is 0.316 e. The Kier molecular flexibility index (Phi) is 3.71. The normalized spacial score (nSPS) is 19.6. The Bertz CT molecular complexity index is 571. The molecule has 1 atom stereocenters. The Labute approximate surface area is 122 Å². The zero-order valence-corrected chi connectivity index (χ0v) is 12.7. The van der Waals surface area contributed by atoms with Crippen LogP contribution in [0.1, 0.15) is 30.0 Å². The summed E-state index contributed by atoms with van der Waals surface area (Å²) in [5.74, 6) is 0.566. The second-order valence-corrected chi connectivity index (χ2v) is 6.02. The first-order valence-electron chi connectivity index (χ1n) is 6.75. The molecule has 0 aliphatic carbocycles. The summed E-state index contributed by atoms with van der Waals surface area (Å²) in [5, 5.41) is 3.47. The number of rotatable bonds is 2. The molecule has 1 aliphatic rings. The molecule has 2 aromatic rings. The lowest BCUT2D eigenvalue weighted by atomic mass is 9.96. The van der Waals surface area contributed by atoms with E-state index in [1.54, 1.807) is 0 Å². The Morgan fingerprint density at radius 1 is 1.42 bits per heavy atom. The fourth-order valence-electron chi connectivity index (χ4n) is 2.66. The third kappa shape index (κ3) is 2.60. The van der Waals surface area contributed by atoms with Gasteiger partial charge in [-0.1, -0.05) is 22.0 Å². The quantitative estimate of drug-likeness (QED) is 0.919. The predicted octanol–water partition coefficient (Wildman–Crippen LogP) is 3.41. The number of benzene rings is 1. The second kappa shape index (κ2) is 5.47. The number of nitrogens with one attached hydrogen (secondary N) is 1. The Morgan fingerprint density at radius 3 is 3.05 bits per heavy atom. The number of hydrogen-bond acceptors (Lipinski definition) is 2. The van der Waals surface area contributed by atoms with Crippen LogP contribution < -0.4 is 5.32 Å². The zero-order chi connectivity index (χ0) is 13.2. The lowest BCUT2D eigenvalue weighted by Gasteiger charge is -2.24. The van der Waals surface area contributed by atoms with Crippen molar-refractivity contribution in [2.45, 2.75) is 25.7 Å². The van der Waals surface area contributed by atoms with Crippen molar-refractivity contribution in [3.8, 4) is 5.69 Å². The van der Waals surface area contributed by atoms with Gasteiger partial charge in [0.1, 0.15) is 0 Å². The summed E-state index contributed by atoms with van der Waals surface area (Å²) in [6, 6.07) is 6.46. The second-order valence-electron chi connectivity index (χ2n) is 5.17. The number of imidazole rings is 1. The van der Waals surface area contributed by atoms with Crippen LogP contribution in [0.2, 0.25) is 0 Å². The molecule has 0 spiro atoms. The monoisotopic (exact) mass is 319 g/mol. The van der Waals surface area contributed by atoms with Gasteiger partial charge < -0.3 is 9.88 Å². The third-order valence-electron chi connectivity index (χ3n) is 3.82. The molecule has 1 aromatic heterocycles. The van der Waals surface area contributed by atoms with Gasteiger partial charge in [-0.05, 0) is 44.0 Å². The van der Waals surface area contributed by atoms with Crippen LogP contribution in [0.25, 0.3) is 5.69 Å². The van der Waals surface area contributed by atoms with Gasteiger partial charge in [0.2, 0.25) is 0 Å². The van der Waals surface area contributed by atoms with Crippen LogP contribution in [-0.2, 0) is 0 Å². The number of piperidine rings is 1. The summed E-state index contributed by atoms with van der Waals surface area (Å²) in [6.07, 6.45) is 6.41. The van der Waals surface area contributed by atoms with Gasteiger partial charge in [0, 0.05) is 34.5 Å². The maximum absolute atomic E-state index is 4.35. The minimum Gasteiger partial charge on any atom is -0.316 e. The van der Waals surface area contributed by atoms with Gasteiger partial charge >= 0.3 is 0 Å². The van der Waals surface area contributed by atoms with E-state index in [1.165, 1.54) is 29.8 Å². The van der Waals surface area contributed by atoms with E-state index >= 15 is 0 Å². The van der Waals surface area contributed by atoms with Gasteiger partial charge in [0.25, 0.3) is 0 Å². The molecule has 3 rings (SSSR count). The van der Waals surface area contributed by atoms with Gasteiger partial charge in [-0.25, -0.2) is 4.98 Å². The Morgan fingerprint density at radius 2 is 2.32 bits per heavy atom. The molecule has 0 amide bonds. The average Bonchev–Trinajstić information content (AvgIpc) is 2.92. The van der Waals surface area contributed by atoms with Crippen LogP contribution in [0.15, 0.2) is 35.2 Å². The molecule has 1 unspecified atom stereocenters. The first-order chi connectivity index (χ1) is 9.25. The Balaban J connectivity index is 1.96. The van der Waals surface area contributed by atoms with Crippen LogP contribution in [0, 0.1) is 6.92 Å². The van der Waals surface area contributed by atoms with Crippen LogP contribution in [0.5, 0.6) is 0 Å². The highest BCUT2D eigenvalue weighted by Gasteiger charge is 2.19. The van der Waals surface area contributed by atoms with Crippen LogP contribution >= 0.6 is 15.9 Å². The lowest BCUT2D eigenvalue weighted by molar-refractivity contribution is 0.451. The topological polar surface area (TPSA) is 29.9 Å². The molecule has 2 heterocycles. The van der Waals surface area contributed by atoms with E-state index in [0.717, 1.165) is 17.6 Å². The first-order valence-corrected chi connectivity index (χ1v) is 7.54. The highest BCUT2D eigenvalue weighted by Crippen LogP contribution is 2.27. The SMILES string of the molecule is Cc1ccc(-n2cncc2C2CCCNC2)cc1Br. The molecule has 4 heteroatoms. The van der Waals surface area contributed by atoms with Crippen molar-refractivity contribution in [2.75, 3.05) is 13.1 Å². The summed E-state index contributed by atoms with van der Waals surface area (Å²) in [7, 11) is 0. The number of aryl methyl sites for hydroxylation is 1. The summed E-state index contributed by atoms with van der Waals surface area (Å²) in [5.41, 5.74) is 3.74. The van der Waals surface area contributed by atoms with E-state index in [1.807, 2.05) is 12.5 Å². The molecule has 1 saturated heterocycles. The van der Waals surface area contributed by atoms with Gasteiger partial charge in [-0.15, -0.1) is 0 Å². The number of nitrogens with zero attached hydrogens (tertiary/aromatic N) is 2. The van der Waals surface area contributed by atoms with Crippen molar-refractivity contribution >= 4 is 15.9 Å². The number of aromatic nitrogens is 2. The summed E-state index contributed by atoms with van der Waals surface area (Å²) >= 11 is 3.61. The van der Waals surface area contributed by atoms with E-state index in [-0.39, 0.29) is 0 Å². The van der Waals surface area contributed by atoms with Crippen molar-refractivity contribution in [3.05, 3.63) is 46.5 Å². The van der Waals surface area contributed by atoms with Gasteiger partial charge in [0.05, 0.1) is 6.33 Å². The highest BCUT2D eigenvalue weighted by molar-refractivity contribution is 9.10. The lowest BCUT2D eigenvalue weighted by Crippen LogP contribution is -2.29. The first kappa shape index (κ1) is 12.9. The molecule has 0 bridgehead atoms. The van der Waals surface area contributed by atoms with E-state index in [2.05, 4.69) is 55.9 Å². The minimum atomic E-state index is 0.566. The Hall–Kier alpha value is -1.13. The van der Waals surface area contributed by atoms with Crippen LogP contribution in [-0.4, -0.2) is 22.6 Å². The molecular weight excluding hydrogens is 302 g/mol. The van der Waals surface area contributed by atoms with Gasteiger partial charge in [0.15, 0.2) is 0 Å². The molecule has 19 heavy (non-hydrogen) atoms. The maximum atomic E-state index is 4.35. The molecule has 1 fully saturated rings. The van der Waals surface area contributed by atoms with Crippen LogP contribution in [0.4, 0.5) is 0 Å². The molecule has 0 radical (unpaired) electrons. The molecule has 0 saturated carbocycles. The molecular formula is C15H18BrN3. The van der Waals surface area contributed by atoms with E-state index in [9.17, 15) is 0 Å².